The molecule has 3 aromatic rings. The smallest absolute Gasteiger partial charge is 0.337 e. The number of hydrogen-bond donors (Lipinski definition) is 2. The number of carbonyl (C=O) groups excluding carboxylic acids is 1. The number of nitrogens with one attached hydrogen (secondary N) is 1. The van der Waals surface area contributed by atoms with Gasteiger partial charge in [-0.1, -0.05) is 29.3 Å². The van der Waals surface area contributed by atoms with Crippen molar-refractivity contribution in [2.75, 3.05) is 16.7 Å². The highest BCUT2D eigenvalue weighted by molar-refractivity contribution is 7.92. The molecule has 0 aliphatic carbocycles. The highest BCUT2D eigenvalue weighted by Gasteiger charge is 2.28. The summed E-state index contributed by atoms with van der Waals surface area (Å²) in [5.74, 6) is -1.86. The summed E-state index contributed by atoms with van der Waals surface area (Å²) in [6, 6.07) is 10.3. The van der Waals surface area contributed by atoms with Crippen LogP contribution in [-0.4, -0.2) is 42.2 Å². The van der Waals surface area contributed by atoms with Crippen LogP contribution in [0.15, 0.2) is 53.6 Å². The lowest BCUT2D eigenvalue weighted by Gasteiger charge is -2.21. The number of nitrogens with zero attached hydrogens (tertiary/aromatic N) is 3. The number of aryl methyl sites for hydroxylation is 2. The van der Waals surface area contributed by atoms with Crippen LogP contribution >= 0.6 is 11.6 Å². The van der Waals surface area contributed by atoms with Crippen molar-refractivity contribution in [3.63, 3.8) is 0 Å². The number of benzene rings is 2. The fraction of sp³-hybridized carbons (Fsp3) is 0.150. The molecule has 0 atom stereocenters. The summed E-state index contributed by atoms with van der Waals surface area (Å²) in [5, 5.41) is 15.8. The highest BCUT2D eigenvalue weighted by Crippen LogP contribution is 2.27. The summed E-state index contributed by atoms with van der Waals surface area (Å²) < 4.78 is 28.4. The quantitative estimate of drug-likeness (QED) is 0.580. The minimum absolute atomic E-state index is 0.00693. The number of aromatic nitrogens is 2. The van der Waals surface area contributed by atoms with Crippen LogP contribution < -0.4 is 9.62 Å². The molecule has 0 aliphatic rings. The van der Waals surface area contributed by atoms with E-state index in [1.807, 2.05) is 6.92 Å². The summed E-state index contributed by atoms with van der Waals surface area (Å²) >= 11 is 5.85. The van der Waals surface area contributed by atoms with Gasteiger partial charge in [-0.05, 0) is 37.3 Å². The molecule has 9 nitrogen and oxygen atoms in total. The van der Waals surface area contributed by atoms with Crippen LogP contribution in [0.2, 0.25) is 5.02 Å². The van der Waals surface area contributed by atoms with E-state index in [1.165, 1.54) is 55.3 Å². The van der Waals surface area contributed by atoms with Crippen molar-refractivity contribution < 1.29 is 23.1 Å². The molecule has 162 valence electrons. The largest absolute Gasteiger partial charge is 0.478 e. The molecule has 11 heteroatoms. The SMILES string of the molecule is Cc1ccc(S(=O)(=O)N(C)c2c(C(=O)Nc3ccc(Cl)c(C(=O)O)c3)cnn2C)cc1. The third kappa shape index (κ3) is 4.39. The van der Waals surface area contributed by atoms with E-state index < -0.39 is 21.9 Å². The van der Waals surface area contributed by atoms with E-state index >= 15 is 0 Å². The number of carboxylic acid groups (broad SMARTS) is 1. The second kappa shape index (κ2) is 8.40. The van der Waals surface area contributed by atoms with Gasteiger partial charge in [0.1, 0.15) is 5.56 Å². The lowest BCUT2D eigenvalue weighted by molar-refractivity contribution is 0.0696. The number of halogens is 1. The van der Waals surface area contributed by atoms with Crippen molar-refractivity contribution in [2.24, 2.45) is 7.05 Å². The second-order valence-electron chi connectivity index (χ2n) is 6.74. The van der Waals surface area contributed by atoms with Crippen molar-refractivity contribution in [1.29, 1.82) is 0 Å². The first-order chi connectivity index (χ1) is 14.5. The Bertz CT molecular complexity index is 1270. The zero-order chi connectivity index (χ0) is 22.9. The molecule has 0 radical (unpaired) electrons. The molecule has 0 saturated carbocycles. The van der Waals surface area contributed by atoms with Gasteiger partial charge in [0.2, 0.25) is 0 Å². The van der Waals surface area contributed by atoms with Gasteiger partial charge in [0.05, 0.1) is 21.7 Å². The highest BCUT2D eigenvalue weighted by atomic mass is 35.5. The minimum atomic E-state index is -3.96. The fourth-order valence-electron chi connectivity index (χ4n) is 2.91. The second-order valence-corrected chi connectivity index (χ2v) is 9.12. The molecule has 1 aromatic heterocycles. The van der Waals surface area contributed by atoms with E-state index in [1.54, 1.807) is 12.1 Å². The van der Waals surface area contributed by atoms with Crippen molar-refractivity contribution in [1.82, 2.24) is 9.78 Å². The Balaban J connectivity index is 1.95. The third-order valence-electron chi connectivity index (χ3n) is 4.58. The Morgan fingerprint density at radius 2 is 1.77 bits per heavy atom. The van der Waals surface area contributed by atoms with Crippen LogP contribution in [-0.2, 0) is 17.1 Å². The molecule has 1 heterocycles. The van der Waals surface area contributed by atoms with Gasteiger partial charge in [0, 0.05) is 19.8 Å². The van der Waals surface area contributed by atoms with E-state index in [0.29, 0.717) is 0 Å². The molecular formula is C20H19ClN4O5S. The summed E-state index contributed by atoms with van der Waals surface area (Å²) in [4.78, 5) is 24.2. The lowest BCUT2D eigenvalue weighted by atomic mass is 10.2. The van der Waals surface area contributed by atoms with Crippen molar-refractivity contribution in [2.45, 2.75) is 11.8 Å². The Kier molecular flexibility index (Phi) is 6.05. The van der Waals surface area contributed by atoms with E-state index in [0.717, 1.165) is 9.87 Å². The first-order valence-electron chi connectivity index (χ1n) is 8.94. The number of rotatable bonds is 6. The maximum Gasteiger partial charge on any atom is 0.337 e. The van der Waals surface area contributed by atoms with Crippen LogP contribution in [0.4, 0.5) is 11.5 Å². The molecule has 0 bridgehead atoms. The van der Waals surface area contributed by atoms with Crippen LogP contribution in [0, 0.1) is 6.92 Å². The number of sulfonamides is 1. The number of aromatic carboxylic acids is 1. The summed E-state index contributed by atoms with van der Waals surface area (Å²) in [7, 11) is -1.12. The van der Waals surface area contributed by atoms with Gasteiger partial charge in [-0.25, -0.2) is 13.2 Å². The van der Waals surface area contributed by atoms with Crippen molar-refractivity contribution in [3.8, 4) is 0 Å². The number of amides is 1. The maximum absolute atomic E-state index is 13.1. The van der Waals surface area contributed by atoms with E-state index in [2.05, 4.69) is 10.4 Å². The van der Waals surface area contributed by atoms with Gasteiger partial charge in [-0.3, -0.25) is 13.8 Å². The molecule has 0 unspecified atom stereocenters. The molecule has 2 aromatic carbocycles. The Morgan fingerprint density at radius 3 is 2.39 bits per heavy atom. The zero-order valence-corrected chi connectivity index (χ0v) is 18.4. The van der Waals surface area contributed by atoms with Crippen LogP contribution in [0.5, 0.6) is 0 Å². The van der Waals surface area contributed by atoms with Gasteiger partial charge < -0.3 is 10.4 Å². The molecule has 2 N–H and O–H groups in total. The van der Waals surface area contributed by atoms with Crippen molar-refractivity contribution in [3.05, 3.63) is 70.4 Å². The van der Waals surface area contributed by atoms with Gasteiger partial charge in [-0.2, -0.15) is 5.10 Å². The molecule has 0 saturated heterocycles. The normalized spacial score (nSPS) is 11.2. The molecule has 0 spiro atoms. The monoisotopic (exact) mass is 462 g/mol. The molecule has 1 amide bonds. The van der Waals surface area contributed by atoms with Gasteiger partial charge in [0.25, 0.3) is 15.9 Å². The average Bonchev–Trinajstić information content (AvgIpc) is 3.10. The van der Waals surface area contributed by atoms with E-state index in [4.69, 9.17) is 11.6 Å². The lowest BCUT2D eigenvalue weighted by Crippen LogP contribution is -2.30. The number of anilines is 2. The summed E-state index contributed by atoms with van der Waals surface area (Å²) in [6.45, 7) is 1.84. The number of carboxylic acids is 1. The molecular weight excluding hydrogens is 444 g/mol. The molecule has 0 fully saturated rings. The van der Waals surface area contributed by atoms with Gasteiger partial charge in [-0.15, -0.1) is 0 Å². The summed E-state index contributed by atoms with van der Waals surface area (Å²) in [5.41, 5.74) is 0.911. The van der Waals surface area contributed by atoms with Crippen LogP contribution in [0.3, 0.4) is 0 Å². The average molecular weight is 463 g/mol. The molecule has 31 heavy (non-hydrogen) atoms. The Hall–Kier alpha value is -3.37. The molecule has 0 aliphatic heterocycles. The van der Waals surface area contributed by atoms with Crippen LogP contribution in [0.25, 0.3) is 0 Å². The van der Waals surface area contributed by atoms with E-state index in [9.17, 15) is 23.1 Å². The first kappa shape index (κ1) is 22.3. The topological polar surface area (TPSA) is 122 Å². The van der Waals surface area contributed by atoms with Gasteiger partial charge in [0.15, 0.2) is 5.82 Å². The first-order valence-corrected chi connectivity index (χ1v) is 10.8. The Morgan fingerprint density at radius 1 is 1.13 bits per heavy atom. The molecule has 3 rings (SSSR count). The van der Waals surface area contributed by atoms with Crippen molar-refractivity contribution >= 4 is 45.0 Å². The Labute approximate surface area is 183 Å². The predicted octanol–water partition coefficient (Wildman–Crippen LogP) is 3.16. The predicted molar refractivity (Wildman–Crippen MR) is 116 cm³/mol. The van der Waals surface area contributed by atoms with E-state index in [-0.39, 0.29) is 32.6 Å². The summed E-state index contributed by atoms with van der Waals surface area (Å²) in [6.07, 6.45) is 1.24. The van der Waals surface area contributed by atoms with Gasteiger partial charge >= 0.3 is 5.97 Å². The number of hydrogen-bond acceptors (Lipinski definition) is 5. The van der Waals surface area contributed by atoms with Crippen LogP contribution in [0.1, 0.15) is 26.3 Å². The fourth-order valence-corrected chi connectivity index (χ4v) is 4.35. The standard InChI is InChI=1S/C20H19ClN4O5S/c1-12-4-7-14(8-5-12)31(29,30)25(3)19-16(11-22-24(19)2)18(26)23-13-6-9-17(21)15(10-13)20(27)28/h4-11H,1-3H3,(H,23,26)(H,27,28). The minimum Gasteiger partial charge on any atom is -0.478 e. The maximum atomic E-state index is 13.1. The zero-order valence-electron chi connectivity index (χ0n) is 16.8. The number of carbonyl (C=O) groups is 2. The third-order valence-corrected chi connectivity index (χ3v) is 6.68.